The van der Waals surface area contributed by atoms with Crippen molar-refractivity contribution >= 4 is 60.5 Å². The predicted octanol–water partition coefficient (Wildman–Crippen LogP) is 5.35. The Bertz CT molecular complexity index is 1510. The molecule has 10 heteroatoms. The van der Waals surface area contributed by atoms with Gasteiger partial charge in [-0.25, -0.2) is 8.42 Å². The number of carbonyl (C=O) groups excluding carboxylic acids is 1. The van der Waals surface area contributed by atoms with Crippen molar-refractivity contribution in [2.24, 2.45) is 0 Å². The van der Waals surface area contributed by atoms with Crippen LogP contribution in [0.1, 0.15) is 30.2 Å². The number of thiazole rings is 1. The number of nitrogens with zero attached hydrogens (tertiary/aromatic N) is 1. The van der Waals surface area contributed by atoms with Crippen LogP contribution in [0.15, 0.2) is 76.4 Å². The average molecular weight is 502 g/mol. The minimum Gasteiger partial charge on any atom is -0.322 e. The molecule has 0 saturated carbocycles. The minimum atomic E-state index is -4.01. The van der Waals surface area contributed by atoms with Crippen molar-refractivity contribution in [1.82, 2.24) is 4.57 Å². The van der Waals surface area contributed by atoms with E-state index in [-0.39, 0.29) is 26.4 Å². The number of halogens is 1. The van der Waals surface area contributed by atoms with Crippen LogP contribution in [-0.2, 0) is 10.0 Å². The highest BCUT2D eigenvalue weighted by Gasteiger charge is 2.21. The maximum Gasteiger partial charge on any atom is 0.308 e. The van der Waals surface area contributed by atoms with Crippen molar-refractivity contribution in [3.05, 3.63) is 87.0 Å². The third-order valence-electron chi connectivity index (χ3n) is 4.90. The first kappa shape index (κ1) is 23.0. The van der Waals surface area contributed by atoms with Crippen LogP contribution < -0.4 is 14.9 Å². The molecule has 0 radical (unpaired) electrons. The van der Waals surface area contributed by atoms with Crippen LogP contribution in [0.2, 0.25) is 5.02 Å². The summed E-state index contributed by atoms with van der Waals surface area (Å²) in [5, 5.41) is 2.75. The summed E-state index contributed by atoms with van der Waals surface area (Å²) in [6.07, 6.45) is 0. The zero-order valence-corrected chi connectivity index (χ0v) is 20.1. The van der Waals surface area contributed by atoms with Gasteiger partial charge in [-0.1, -0.05) is 41.1 Å². The second-order valence-corrected chi connectivity index (χ2v) is 10.6. The first-order chi connectivity index (χ1) is 15.7. The smallest absolute Gasteiger partial charge is 0.308 e. The summed E-state index contributed by atoms with van der Waals surface area (Å²) in [6.45, 7) is 3.87. The predicted molar refractivity (Wildman–Crippen MR) is 133 cm³/mol. The lowest BCUT2D eigenvalue weighted by atomic mass is 10.2. The Hall–Kier alpha value is -3.14. The third kappa shape index (κ3) is 4.80. The lowest BCUT2D eigenvalue weighted by Gasteiger charge is -2.12. The number of amides is 1. The lowest BCUT2D eigenvalue weighted by Crippen LogP contribution is -2.16. The fourth-order valence-electron chi connectivity index (χ4n) is 3.37. The number of sulfonamides is 1. The van der Waals surface area contributed by atoms with Gasteiger partial charge in [-0.05, 0) is 62.4 Å². The molecule has 0 spiro atoms. The quantitative estimate of drug-likeness (QED) is 0.372. The van der Waals surface area contributed by atoms with E-state index >= 15 is 0 Å². The first-order valence-corrected chi connectivity index (χ1v) is 12.7. The molecule has 0 bridgehead atoms. The van der Waals surface area contributed by atoms with Crippen LogP contribution >= 0.6 is 22.9 Å². The van der Waals surface area contributed by atoms with Crippen molar-refractivity contribution in [3.8, 4) is 0 Å². The molecule has 1 heterocycles. The van der Waals surface area contributed by atoms with Crippen molar-refractivity contribution < 1.29 is 13.2 Å². The third-order valence-corrected chi connectivity index (χ3v) is 7.68. The van der Waals surface area contributed by atoms with E-state index in [9.17, 15) is 18.0 Å². The molecule has 0 saturated heterocycles. The monoisotopic (exact) mass is 501 g/mol. The van der Waals surface area contributed by atoms with Crippen LogP contribution in [0.4, 0.5) is 11.4 Å². The number of rotatable bonds is 6. The Kier molecular flexibility index (Phi) is 6.29. The molecule has 0 atom stereocenters. The standard InChI is InChI=1S/C23H20ClN3O4S2/c1-14(2)27-19-11-9-17(13-20(19)32-23(27)29)25-22(28)15-8-10-18(24)21(12-15)33(30,31)26-16-6-4-3-5-7-16/h3-14,26H,1-2H3,(H,25,28). The Labute approximate surface area is 199 Å². The summed E-state index contributed by atoms with van der Waals surface area (Å²) in [4.78, 5) is 24.8. The molecule has 4 aromatic rings. The van der Waals surface area contributed by atoms with Crippen LogP contribution in [-0.4, -0.2) is 18.9 Å². The van der Waals surface area contributed by atoms with Crippen LogP contribution in [0.25, 0.3) is 10.2 Å². The molecule has 2 N–H and O–H groups in total. The number of hydrogen-bond acceptors (Lipinski definition) is 5. The largest absolute Gasteiger partial charge is 0.322 e. The number of fused-ring (bicyclic) bond motifs is 1. The molecule has 0 aliphatic heterocycles. The van der Waals surface area contributed by atoms with Gasteiger partial charge >= 0.3 is 4.87 Å². The van der Waals surface area contributed by atoms with Gasteiger partial charge in [-0.15, -0.1) is 0 Å². The van der Waals surface area contributed by atoms with E-state index in [1.807, 2.05) is 13.8 Å². The lowest BCUT2D eigenvalue weighted by molar-refractivity contribution is 0.102. The van der Waals surface area contributed by atoms with Gasteiger partial charge < -0.3 is 5.32 Å². The zero-order chi connectivity index (χ0) is 23.8. The molecule has 3 aromatic carbocycles. The van der Waals surface area contributed by atoms with E-state index in [1.54, 1.807) is 53.1 Å². The molecular weight excluding hydrogens is 482 g/mol. The van der Waals surface area contributed by atoms with Crippen molar-refractivity contribution in [2.45, 2.75) is 24.8 Å². The second-order valence-electron chi connectivity index (χ2n) is 7.59. The van der Waals surface area contributed by atoms with Gasteiger partial charge in [0.2, 0.25) is 0 Å². The van der Waals surface area contributed by atoms with Gasteiger partial charge in [0.15, 0.2) is 0 Å². The molecule has 33 heavy (non-hydrogen) atoms. The molecule has 0 aliphatic rings. The Morgan fingerprint density at radius 1 is 1.00 bits per heavy atom. The summed E-state index contributed by atoms with van der Waals surface area (Å²) in [7, 11) is -4.01. The van der Waals surface area contributed by atoms with Gasteiger partial charge in [0.05, 0.1) is 15.2 Å². The van der Waals surface area contributed by atoms with Gasteiger partial charge in [0, 0.05) is 23.0 Å². The molecule has 0 unspecified atom stereocenters. The summed E-state index contributed by atoms with van der Waals surface area (Å²) < 4.78 is 30.6. The van der Waals surface area contributed by atoms with E-state index in [4.69, 9.17) is 11.6 Å². The Morgan fingerprint density at radius 3 is 2.42 bits per heavy atom. The SMILES string of the molecule is CC(C)n1c(=O)sc2cc(NC(=O)c3ccc(Cl)c(S(=O)(=O)Nc4ccccc4)c3)ccc21. The van der Waals surface area contributed by atoms with E-state index in [0.717, 1.165) is 21.6 Å². The molecular formula is C23H20ClN3O4S2. The first-order valence-electron chi connectivity index (χ1n) is 9.99. The summed E-state index contributed by atoms with van der Waals surface area (Å²) >= 11 is 7.24. The van der Waals surface area contributed by atoms with Gasteiger partial charge in [-0.3, -0.25) is 18.9 Å². The normalized spacial score (nSPS) is 11.6. The van der Waals surface area contributed by atoms with Gasteiger partial charge in [-0.2, -0.15) is 0 Å². The number of carbonyl (C=O) groups is 1. The maximum absolute atomic E-state index is 12.8. The number of para-hydroxylation sites is 1. The number of hydrogen-bond donors (Lipinski definition) is 2. The minimum absolute atomic E-state index is 0.00352. The molecule has 0 fully saturated rings. The van der Waals surface area contributed by atoms with Crippen molar-refractivity contribution in [1.29, 1.82) is 0 Å². The van der Waals surface area contributed by atoms with E-state index < -0.39 is 15.9 Å². The summed E-state index contributed by atoms with van der Waals surface area (Å²) in [5.41, 5.74) is 1.79. The molecule has 1 amide bonds. The van der Waals surface area contributed by atoms with E-state index in [2.05, 4.69) is 10.0 Å². The zero-order valence-electron chi connectivity index (χ0n) is 17.7. The maximum atomic E-state index is 12.8. The summed E-state index contributed by atoms with van der Waals surface area (Å²) in [5.74, 6) is -0.502. The van der Waals surface area contributed by atoms with Crippen LogP contribution in [0, 0.1) is 0 Å². The molecule has 7 nitrogen and oxygen atoms in total. The molecule has 0 aliphatic carbocycles. The van der Waals surface area contributed by atoms with E-state index in [1.165, 1.54) is 18.2 Å². The topological polar surface area (TPSA) is 97.3 Å². The highest BCUT2D eigenvalue weighted by Crippen LogP contribution is 2.27. The van der Waals surface area contributed by atoms with Crippen LogP contribution in [0.5, 0.6) is 0 Å². The number of anilines is 2. The number of aromatic nitrogens is 1. The number of nitrogens with one attached hydrogen (secondary N) is 2. The van der Waals surface area contributed by atoms with Crippen molar-refractivity contribution in [3.63, 3.8) is 0 Å². The molecule has 170 valence electrons. The average Bonchev–Trinajstić information content (AvgIpc) is 3.09. The van der Waals surface area contributed by atoms with Crippen molar-refractivity contribution in [2.75, 3.05) is 10.0 Å². The fourth-order valence-corrected chi connectivity index (χ4v) is 6.01. The Morgan fingerprint density at radius 2 is 1.73 bits per heavy atom. The highest BCUT2D eigenvalue weighted by molar-refractivity contribution is 7.92. The molecule has 4 rings (SSSR count). The summed E-state index contributed by atoms with van der Waals surface area (Å²) in [6, 6.07) is 17.7. The van der Waals surface area contributed by atoms with Gasteiger partial charge in [0.1, 0.15) is 4.90 Å². The molecule has 1 aromatic heterocycles. The van der Waals surface area contributed by atoms with Gasteiger partial charge in [0.25, 0.3) is 15.9 Å². The van der Waals surface area contributed by atoms with E-state index in [0.29, 0.717) is 11.4 Å². The van der Waals surface area contributed by atoms with Crippen LogP contribution in [0.3, 0.4) is 0 Å². The highest BCUT2D eigenvalue weighted by atomic mass is 35.5. The second kappa shape index (κ2) is 9.01. The number of benzene rings is 3. The fraction of sp³-hybridized carbons (Fsp3) is 0.130. The Balaban J connectivity index is 1.61.